The van der Waals surface area contributed by atoms with Crippen molar-refractivity contribution in [3.8, 4) is 0 Å². The Bertz CT molecular complexity index is 452. The van der Waals surface area contributed by atoms with Crippen molar-refractivity contribution >= 4 is 0 Å². The van der Waals surface area contributed by atoms with Gasteiger partial charge in [-0.3, -0.25) is 10.00 Å². The molecule has 1 fully saturated rings. The third kappa shape index (κ3) is 3.93. The molecule has 0 saturated carbocycles. The Morgan fingerprint density at radius 3 is 2.90 bits per heavy atom. The molecular weight excluding hydrogens is 250 g/mol. The summed E-state index contributed by atoms with van der Waals surface area (Å²) in [6, 6.07) is 2.07. The highest BCUT2D eigenvalue weighted by Crippen LogP contribution is 2.27. The molecule has 1 aliphatic heterocycles. The zero-order valence-electron chi connectivity index (χ0n) is 12.9. The maximum absolute atomic E-state index is 10.3. The van der Waals surface area contributed by atoms with E-state index in [9.17, 15) is 5.11 Å². The summed E-state index contributed by atoms with van der Waals surface area (Å²) >= 11 is 0. The van der Waals surface area contributed by atoms with Crippen LogP contribution in [0.15, 0.2) is 18.7 Å². The van der Waals surface area contributed by atoms with Gasteiger partial charge in [-0.05, 0) is 31.2 Å². The third-order valence-electron chi connectivity index (χ3n) is 4.06. The predicted molar refractivity (Wildman–Crippen MR) is 81.6 cm³/mol. The average Bonchev–Trinajstić information content (AvgIpc) is 2.86. The number of rotatable bonds is 6. The first-order valence-electron chi connectivity index (χ1n) is 7.42. The molecule has 4 nitrogen and oxygen atoms in total. The zero-order chi connectivity index (χ0) is 14.8. The summed E-state index contributed by atoms with van der Waals surface area (Å²) in [4.78, 5) is 2.37. The number of aliphatic hydroxyl groups is 1. The van der Waals surface area contributed by atoms with Gasteiger partial charge in [0.15, 0.2) is 0 Å². The van der Waals surface area contributed by atoms with Gasteiger partial charge in [0.05, 0.1) is 11.8 Å². The molecule has 1 aromatic heterocycles. The summed E-state index contributed by atoms with van der Waals surface area (Å²) < 4.78 is 0. The first-order chi connectivity index (χ1) is 9.39. The lowest BCUT2D eigenvalue weighted by atomic mass is 9.89. The maximum Gasteiger partial charge on any atom is 0.0711 e. The number of aromatic amines is 1. The summed E-state index contributed by atoms with van der Waals surface area (Å²) in [6.45, 7) is 13.1. The van der Waals surface area contributed by atoms with Crippen molar-refractivity contribution in [2.75, 3.05) is 19.6 Å². The van der Waals surface area contributed by atoms with Crippen LogP contribution in [0, 0.1) is 18.3 Å². The molecule has 2 atom stereocenters. The van der Waals surface area contributed by atoms with Gasteiger partial charge in [-0.2, -0.15) is 5.10 Å². The predicted octanol–water partition coefficient (Wildman–Crippen LogP) is 2.16. The monoisotopic (exact) mass is 277 g/mol. The van der Waals surface area contributed by atoms with E-state index in [-0.39, 0.29) is 17.4 Å². The van der Waals surface area contributed by atoms with Crippen LogP contribution in [-0.4, -0.2) is 45.9 Å². The lowest BCUT2D eigenvalue weighted by molar-refractivity contribution is 0.135. The van der Waals surface area contributed by atoms with Crippen LogP contribution in [0.1, 0.15) is 31.7 Å². The van der Waals surface area contributed by atoms with Gasteiger partial charge in [0.2, 0.25) is 0 Å². The molecule has 0 aromatic carbocycles. The fourth-order valence-electron chi connectivity index (χ4n) is 3.18. The molecule has 1 aromatic rings. The SMILES string of the molecule is C=CCC(C)(C)CN1C[C@@H](Cc2cc(C)[nH]n2)[C@H](O)C1. The number of aromatic nitrogens is 2. The molecule has 2 heterocycles. The van der Waals surface area contributed by atoms with Crippen molar-refractivity contribution < 1.29 is 5.11 Å². The minimum atomic E-state index is -0.244. The van der Waals surface area contributed by atoms with Crippen LogP contribution in [0.5, 0.6) is 0 Å². The maximum atomic E-state index is 10.3. The van der Waals surface area contributed by atoms with Crippen molar-refractivity contribution in [3.05, 3.63) is 30.1 Å². The van der Waals surface area contributed by atoms with E-state index in [2.05, 4.69) is 41.6 Å². The first kappa shape index (κ1) is 15.3. The Balaban J connectivity index is 1.90. The fourth-order valence-corrected chi connectivity index (χ4v) is 3.18. The van der Waals surface area contributed by atoms with Crippen LogP contribution >= 0.6 is 0 Å². The van der Waals surface area contributed by atoms with E-state index < -0.39 is 0 Å². The van der Waals surface area contributed by atoms with Gasteiger partial charge >= 0.3 is 0 Å². The molecule has 1 saturated heterocycles. The van der Waals surface area contributed by atoms with Crippen molar-refractivity contribution in [3.63, 3.8) is 0 Å². The highest BCUT2D eigenvalue weighted by molar-refractivity contribution is 5.08. The molecule has 0 radical (unpaired) electrons. The second-order valence-corrected chi connectivity index (χ2v) is 6.92. The van der Waals surface area contributed by atoms with Gasteiger partial charge in [-0.15, -0.1) is 6.58 Å². The molecule has 2 N–H and O–H groups in total. The molecule has 4 heteroatoms. The number of aryl methyl sites for hydroxylation is 1. The number of hydrogen-bond donors (Lipinski definition) is 2. The summed E-state index contributed by atoms with van der Waals surface area (Å²) in [5, 5.41) is 17.5. The Morgan fingerprint density at radius 1 is 1.55 bits per heavy atom. The molecule has 2 rings (SSSR count). The number of hydrogen-bond acceptors (Lipinski definition) is 3. The Kier molecular flexibility index (Phi) is 4.66. The number of H-pyrrole nitrogens is 1. The van der Waals surface area contributed by atoms with Gasteiger partial charge in [0.1, 0.15) is 0 Å². The van der Waals surface area contributed by atoms with Crippen molar-refractivity contribution in [2.24, 2.45) is 11.3 Å². The zero-order valence-corrected chi connectivity index (χ0v) is 12.9. The molecule has 0 amide bonds. The summed E-state index contributed by atoms with van der Waals surface area (Å²) in [6.07, 6.45) is 3.59. The molecule has 0 unspecified atom stereocenters. The Morgan fingerprint density at radius 2 is 2.30 bits per heavy atom. The molecule has 0 spiro atoms. The smallest absolute Gasteiger partial charge is 0.0711 e. The quantitative estimate of drug-likeness (QED) is 0.783. The van der Waals surface area contributed by atoms with Gasteiger partial charge in [-0.25, -0.2) is 0 Å². The highest BCUT2D eigenvalue weighted by atomic mass is 16.3. The van der Waals surface area contributed by atoms with Crippen molar-refractivity contribution in [2.45, 2.75) is 39.7 Å². The molecule has 1 aliphatic rings. The van der Waals surface area contributed by atoms with Crippen molar-refractivity contribution in [1.29, 1.82) is 0 Å². The van der Waals surface area contributed by atoms with E-state index >= 15 is 0 Å². The largest absolute Gasteiger partial charge is 0.391 e. The molecule has 0 aliphatic carbocycles. The van der Waals surface area contributed by atoms with Crippen LogP contribution in [0.4, 0.5) is 0 Å². The van der Waals surface area contributed by atoms with Crippen LogP contribution in [-0.2, 0) is 6.42 Å². The number of aliphatic hydroxyl groups excluding tert-OH is 1. The van der Waals surface area contributed by atoms with Gasteiger partial charge in [-0.1, -0.05) is 19.9 Å². The van der Waals surface area contributed by atoms with E-state index in [1.54, 1.807) is 0 Å². The molecular formula is C16H27N3O. The number of nitrogens with zero attached hydrogens (tertiary/aromatic N) is 2. The second-order valence-electron chi connectivity index (χ2n) is 6.92. The highest BCUT2D eigenvalue weighted by Gasteiger charge is 2.34. The normalized spacial score (nSPS) is 24.2. The topological polar surface area (TPSA) is 52.2 Å². The van der Waals surface area contributed by atoms with Gasteiger partial charge in [0, 0.05) is 31.2 Å². The standard InChI is InChI=1S/C16H27N3O/c1-5-6-16(3,4)11-19-9-13(15(20)10-19)8-14-7-12(2)17-18-14/h5,7,13,15,20H,1,6,8-11H2,2-4H3,(H,17,18)/t13-,15-/m1/s1. The van der Waals surface area contributed by atoms with E-state index in [4.69, 9.17) is 0 Å². The molecule has 0 bridgehead atoms. The Hall–Kier alpha value is -1.13. The lowest BCUT2D eigenvalue weighted by Gasteiger charge is -2.29. The number of allylic oxidation sites excluding steroid dienone is 1. The van der Waals surface area contributed by atoms with E-state index in [0.717, 1.165) is 43.9 Å². The van der Waals surface area contributed by atoms with Crippen LogP contribution in [0.3, 0.4) is 0 Å². The van der Waals surface area contributed by atoms with E-state index in [1.807, 2.05) is 13.0 Å². The van der Waals surface area contributed by atoms with Crippen LogP contribution in [0.25, 0.3) is 0 Å². The fraction of sp³-hybridized carbons (Fsp3) is 0.688. The minimum Gasteiger partial charge on any atom is -0.391 e. The van der Waals surface area contributed by atoms with E-state index in [1.165, 1.54) is 0 Å². The summed E-state index contributed by atoms with van der Waals surface area (Å²) in [5.41, 5.74) is 2.36. The summed E-state index contributed by atoms with van der Waals surface area (Å²) in [7, 11) is 0. The molecule has 20 heavy (non-hydrogen) atoms. The lowest BCUT2D eigenvalue weighted by Crippen LogP contribution is -2.33. The van der Waals surface area contributed by atoms with Crippen LogP contribution < -0.4 is 0 Å². The summed E-state index contributed by atoms with van der Waals surface area (Å²) in [5.74, 6) is 0.289. The third-order valence-corrected chi connectivity index (χ3v) is 4.06. The van der Waals surface area contributed by atoms with Crippen molar-refractivity contribution in [1.82, 2.24) is 15.1 Å². The van der Waals surface area contributed by atoms with E-state index in [0.29, 0.717) is 0 Å². The van der Waals surface area contributed by atoms with Gasteiger partial charge < -0.3 is 5.11 Å². The Labute approximate surface area is 121 Å². The average molecular weight is 277 g/mol. The number of likely N-dealkylation sites (tertiary alicyclic amines) is 1. The second kappa shape index (κ2) is 6.10. The molecule has 112 valence electrons. The number of β-amino-alcohol motifs (C(OH)–C–C–N with tert-alkyl or cyclic N) is 1. The van der Waals surface area contributed by atoms with Gasteiger partial charge in [0.25, 0.3) is 0 Å². The minimum absolute atomic E-state index is 0.222. The number of nitrogens with one attached hydrogen (secondary N) is 1. The first-order valence-corrected chi connectivity index (χ1v) is 7.42. The van der Waals surface area contributed by atoms with Crippen LogP contribution in [0.2, 0.25) is 0 Å².